The molecule has 0 aliphatic carbocycles. The van der Waals surface area contributed by atoms with Crippen LogP contribution >= 0.6 is 0 Å². The zero-order chi connectivity index (χ0) is 10.8. The summed E-state index contributed by atoms with van der Waals surface area (Å²) >= 11 is 0. The van der Waals surface area contributed by atoms with E-state index in [1.165, 1.54) is 0 Å². The molecule has 80 valence electrons. The maximum Gasteiger partial charge on any atom is 0.177 e. The van der Waals surface area contributed by atoms with Gasteiger partial charge in [0.1, 0.15) is 5.82 Å². The third kappa shape index (κ3) is 2.33. The minimum Gasteiger partial charge on any atom is -0.341 e. The number of fused-ring (bicyclic) bond motifs is 1. The van der Waals surface area contributed by atoms with Crippen molar-refractivity contribution in [2.75, 3.05) is 0 Å². The van der Waals surface area contributed by atoms with E-state index in [4.69, 9.17) is 5.73 Å². The topological polar surface area (TPSA) is 67.6 Å². The second kappa shape index (κ2) is 3.98. The third-order valence-electron chi connectivity index (χ3n) is 2.36. The molecular formula is C11H16N4. The Labute approximate surface area is 88.9 Å². The molecule has 4 heteroatoms. The molecule has 2 aromatic rings. The van der Waals surface area contributed by atoms with Crippen molar-refractivity contribution in [2.45, 2.75) is 32.7 Å². The molecule has 1 atom stereocenters. The molecule has 4 nitrogen and oxygen atoms in total. The first kappa shape index (κ1) is 10.1. The molecular weight excluding hydrogens is 188 g/mol. The van der Waals surface area contributed by atoms with E-state index in [1.54, 1.807) is 0 Å². The van der Waals surface area contributed by atoms with Crippen LogP contribution in [-0.4, -0.2) is 21.0 Å². The van der Waals surface area contributed by atoms with Crippen molar-refractivity contribution in [3.8, 4) is 0 Å². The average molecular weight is 204 g/mol. The fourth-order valence-corrected chi connectivity index (χ4v) is 1.54. The molecule has 3 N–H and O–H groups in total. The number of aromatic nitrogens is 3. The number of H-pyrrole nitrogens is 1. The van der Waals surface area contributed by atoms with Crippen molar-refractivity contribution in [2.24, 2.45) is 5.73 Å². The van der Waals surface area contributed by atoms with E-state index in [0.717, 1.165) is 35.4 Å². The van der Waals surface area contributed by atoms with Crippen LogP contribution in [0.1, 0.15) is 24.7 Å². The number of aryl methyl sites for hydroxylation is 2. The van der Waals surface area contributed by atoms with Gasteiger partial charge in [0.2, 0.25) is 0 Å². The van der Waals surface area contributed by atoms with Crippen LogP contribution in [0.3, 0.4) is 0 Å². The van der Waals surface area contributed by atoms with Gasteiger partial charge in [-0.1, -0.05) is 0 Å². The summed E-state index contributed by atoms with van der Waals surface area (Å²) in [5, 5.41) is 0. The lowest BCUT2D eigenvalue weighted by Gasteiger charge is -2.00. The first-order valence-electron chi connectivity index (χ1n) is 5.22. The van der Waals surface area contributed by atoms with Gasteiger partial charge in [0.15, 0.2) is 5.65 Å². The SMILES string of the molecule is Cc1cnc2nc(CCC(C)N)[nH]c2c1. The number of pyridine rings is 1. The normalized spacial score (nSPS) is 13.3. The molecule has 0 saturated heterocycles. The van der Waals surface area contributed by atoms with Gasteiger partial charge in [-0.05, 0) is 31.9 Å². The molecule has 0 aliphatic rings. The zero-order valence-electron chi connectivity index (χ0n) is 9.12. The molecule has 2 rings (SSSR count). The molecule has 0 aromatic carbocycles. The van der Waals surface area contributed by atoms with Crippen molar-refractivity contribution in [1.82, 2.24) is 15.0 Å². The fourth-order valence-electron chi connectivity index (χ4n) is 1.54. The highest BCUT2D eigenvalue weighted by molar-refractivity contribution is 5.70. The molecule has 0 amide bonds. The van der Waals surface area contributed by atoms with Crippen molar-refractivity contribution in [1.29, 1.82) is 0 Å². The van der Waals surface area contributed by atoms with Gasteiger partial charge in [0.25, 0.3) is 0 Å². The lowest BCUT2D eigenvalue weighted by atomic mass is 10.2. The molecule has 2 heterocycles. The molecule has 1 unspecified atom stereocenters. The van der Waals surface area contributed by atoms with Crippen molar-refractivity contribution < 1.29 is 0 Å². The lowest BCUT2D eigenvalue weighted by molar-refractivity contribution is 0.652. The van der Waals surface area contributed by atoms with E-state index >= 15 is 0 Å². The van der Waals surface area contributed by atoms with Crippen LogP contribution in [0.25, 0.3) is 11.2 Å². The second-order valence-corrected chi connectivity index (χ2v) is 4.08. The summed E-state index contributed by atoms with van der Waals surface area (Å²) in [7, 11) is 0. The molecule has 15 heavy (non-hydrogen) atoms. The molecule has 0 aliphatic heterocycles. The Balaban J connectivity index is 2.23. The predicted octanol–water partition coefficient (Wildman–Crippen LogP) is 1.55. The summed E-state index contributed by atoms with van der Waals surface area (Å²) < 4.78 is 0. The van der Waals surface area contributed by atoms with Gasteiger partial charge in [-0.15, -0.1) is 0 Å². The number of rotatable bonds is 3. The minimum atomic E-state index is 0.216. The second-order valence-electron chi connectivity index (χ2n) is 4.08. The monoisotopic (exact) mass is 204 g/mol. The van der Waals surface area contributed by atoms with Crippen LogP contribution in [0.15, 0.2) is 12.3 Å². The summed E-state index contributed by atoms with van der Waals surface area (Å²) in [6.07, 6.45) is 3.66. The highest BCUT2D eigenvalue weighted by atomic mass is 15.0. The number of nitrogens with one attached hydrogen (secondary N) is 1. The number of aromatic amines is 1. The van der Waals surface area contributed by atoms with Crippen molar-refractivity contribution in [3.05, 3.63) is 23.7 Å². The summed E-state index contributed by atoms with van der Waals surface area (Å²) in [6.45, 7) is 4.03. The van der Waals surface area contributed by atoms with E-state index in [0.29, 0.717) is 0 Å². The van der Waals surface area contributed by atoms with E-state index < -0.39 is 0 Å². The molecule has 0 bridgehead atoms. The Morgan fingerprint density at radius 2 is 2.33 bits per heavy atom. The van der Waals surface area contributed by atoms with Crippen molar-refractivity contribution in [3.63, 3.8) is 0 Å². The molecule has 0 radical (unpaired) electrons. The number of hydrogen-bond donors (Lipinski definition) is 2. The lowest BCUT2D eigenvalue weighted by Crippen LogP contribution is -2.15. The maximum absolute atomic E-state index is 5.70. The summed E-state index contributed by atoms with van der Waals surface area (Å²) in [6, 6.07) is 2.28. The smallest absolute Gasteiger partial charge is 0.177 e. The van der Waals surface area contributed by atoms with Gasteiger partial charge in [-0.3, -0.25) is 0 Å². The van der Waals surface area contributed by atoms with Gasteiger partial charge in [-0.2, -0.15) is 0 Å². The maximum atomic E-state index is 5.70. The Bertz CT molecular complexity index is 459. The third-order valence-corrected chi connectivity index (χ3v) is 2.36. The van der Waals surface area contributed by atoms with E-state index in [1.807, 2.05) is 20.0 Å². The highest BCUT2D eigenvalue weighted by Crippen LogP contribution is 2.11. The summed E-state index contributed by atoms with van der Waals surface area (Å²) in [4.78, 5) is 11.9. The van der Waals surface area contributed by atoms with E-state index in [-0.39, 0.29) is 6.04 Å². The minimum absolute atomic E-state index is 0.216. The standard InChI is InChI=1S/C11H16N4/c1-7-5-9-11(13-6-7)15-10(14-9)4-3-8(2)12/h5-6,8H,3-4,12H2,1-2H3,(H,13,14,15). The van der Waals surface area contributed by atoms with Gasteiger partial charge >= 0.3 is 0 Å². The van der Waals surface area contributed by atoms with E-state index in [9.17, 15) is 0 Å². The first-order valence-corrected chi connectivity index (χ1v) is 5.22. The Kier molecular flexibility index (Phi) is 2.68. The van der Waals surface area contributed by atoms with Crippen molar-refractivity contribution >= 4 is 11.2 Å². The van der Waals surface area contributed by atoms with Crippen LogP contribution < -0.4 is 5.73 Å². The van der Waals surface area contributed by atoms with Crippen LogP contribution in [0.2, 0.25) is 0 Å². The number of nitrogens with zero attached hydrogens (tertiary/aromatic N) is 2. The van der Waals surface area contributed by atoms with Gasteiger partial charge in [-0.25, -0.2) is 9.97 Å². The number of imidazole rings is 1. The molecule has 0 spiro atoms. The van der Waals surface area contributed by atoms with Gasteiger partial charge < -0.3 is 10.7 Å². The van der Waals surface area contributed by atoms with Crippen LogP contribution in [-0.2, 0) is 6.42 Å². The zero-order valence-corrected chi connectivity index (χ0v) is 9.12. The van der Waals surface area contributed by atoms with Crippen LogP contribution in [0.5, 0.6) is 0 Å². The van der Waals surface area contributed by atoms with Gasteiger partial charge in [0.05, 0.1) is 5.52 Å². The number of hydrogen-bond acceptors (Lipinski definition) is 3. The Morgan fingerprint density at radius 3 is 3.07 bits per heavy atom. The fraction of sp³-hybridized carbons (Fsp3) is 0.455. The molecule has 0 fully saturated rings. The predicted molar refractivity (Wildman–Crippen MR) is 60.6 cm³/mol. The van der Waals surface area contributed by atoms with Crippen LogP contribution in [0, 0.1) is 6.92 Å². The number of nitrogens with two attached hydrogens (primary N) is 1. The Hall–Kier alpha value is -1.42. The van der Waals surface area contributed by atoms with Gasteiger partial charge in [0, 0.05) is 18.7 Å². The highest BCUT2D eigenvalue weighted by Gasteiger charge is 2.04. The average Bonchev–Trinajstić information content (AvgIpc) is 2.56. The summed E-state index contributed by atoms with van der Waals surface area (Å²) in [5.41, 5.74) is 8.65. The molecule has 0 saturated carbocycles. The Morgan fingerprint density at radius 1 is 1.53 bits per heavy atom. The summed E-state index contributed by atoms with van der Waals surface area (Å²) in [5.74, 6) is 0.973. The molecule has 2 aromatic heterocycles. The van der Waals surface area contributed by atoms with Crippen LogP contribution in [0.4, 0.5) is 0 Å². The quantitative estimate of drug-likeness (QED) is 0.797. The largest absolute Gasteiger partial charge is 0.341 e. The first-order chi connectivity index (χ1) is 7.15. The van der Waals surface area contributed by atoms with E-state index in [2.05, 4.69) is 21.0 Å².